The molecule has 2 aromatic rings. The van der Waals surface area contributed by atoms with Crippen molar-refractivity contribution in [1.82, 2.24) is 0 Å². The van der Waals surface area contributed by atoms with E-state index in [2.05, 4.69) is 38.5 Å². The van der Waals surface area contributed by atoms with Crippen molar-refractivity contribution in [2.75, 3.05) is 0 Å². The largest absolute Gasteiger partial charge is 0.485 e. The van der Waals surface area contributed by atoms with Gasteiger partial charge >= 0.3 is 0 Å². The van der Waals surface area contributed by atoms with Gasteiger partial charge in [-0.3, -0.25) is 0 Å². The van der Waals surface area contributed by atoms with Crippen LogP contribution >= 0.6 is 38.5 Å². The van der Waals surface area contributed by atoms with Gasteiger partial charge in [-0.05, 0) is 62.3 Å². The van der Waals surface area contributed by atoms with Crippen LogP contribution in [0.5, 0.6) is 5.75 Å². The van der Waals surface area contributed by atoms with Gasteiger partial charge in [-0.15, -0.1) is 0 Å². The molecule has 0 atom stereocenters. The monoisotopic (exact) mass is 424 g/mol. The van der Waals surface area contributed by atoms with Gasteiger partial charge < -0.3 is 4.74 Å². The summed E-state index contributed by atoms with van der Waals surface area (Å²) in [5.74, 6) is -1.33. The molecule has 0 saturated carbocycles. The molecule has 0 bridgehead atoms. The topological polar surface area (TPSA) is 9.23 Å². The quantitative estimate of drug-likeness (QED) is 0.636. The number of ether oxygens (including phenoxy) is 1. The van der Waals surface area contributed by atoms with Gasteiger partial charge in [-0.2, -0.15) is 0 Å². The van der Waals surface area contributed by atoms with Crippen LogP contribution in [0, 0.1) is 15.2 Å². The van der Waals surface area contributed by atoms with E-state index < -0.39 is 11.6 Å². The Morgan fingerprint density at radius 2 is 1.78 bits per heavy atom. The number of halogens is 4. The zero-order chi connectivity index (χ0) is 13.1. The van der Waals surface area contributed by atoms with E-state index in [0.29, 0.717) is 0 Å². The van der Waals surface area contributed by atoms with Crippen LogP contribution in [0.15, 0.2) is 40.9 Å². The Hall–Kier alpha value is -0.690. The Morgan fingerprint density at radius 1 is 1.11 bits per heavy atom. The lowest BCUT2D eigenvalue weighted by atomic mass is 10.2. The van der Waals surface area contributed by atoms with Crippen LogP contribution in [0.1, 0.15) is 5.56 Å². The molecule has 0 aliphatic rings. The highest BCUT2D eigenvalue weighted by Gasteiger charge is 2.11. The highest BCUT2D eigenvalue weighted by molar-refractivity contribution is 14.1. The van der Waals surface area contributed by atoms with Crippen molar-refractivity contribution < 1.29 is 13.5 Å². The summed E-state index contributed by atoms with van der Waals surface area (Å²) in [6.45, 7) is 0.234. The maximum atomic E-state index is 13.5. The van der Waals surface area contributed by atoms with Gasteiger partial charge in [-0.1, -0.05) is 12.1 Å². The molecular weight excluding hydrogens is 417 g/mol. The van der Waals surface area contributed by atoms with Crippen LogP contribution in [0.4, 0.5) is 8.78 Å². The highest BCUT2D eigenvalue weighted by atomic mass is 127. The lowest BCUT2D eigenvalue weighted by molar-refractivity contribution is 0.287. The normalized spacial score (nSPS) is 10.4. The molecular formula is C13H8BrF2IO. The molecule has 0 radical (unpaired) electrons. The summed E-state index contributed by atoms with van der Waals surface area (Å²) in [6.07, 6.45) is 0. The lowest BCUT2D eigenvalue weighted by Crippen LogP contribution is -1.99. The first kappa shape index (κ1) is 13.7. The van der Waals surface area contributed by atoms with Gasteiger partial charge in [0.1, 0.15) is 12.4 Å². The van der Waals surface area contributed by atoms with Gasteiger partial charge in [0, 0.05) is 9.64 Å². The molecule has 0 aromatic heterocycles. The third-order valence-corrected chi connectivity index (χ3v) is 3.57. The fraction of sp³-hybridized carbons (Fsp3) is 0.0769. The summed E-state index contributed by atoms with van der Waals surface area (Å²) in [5, 5.41) is 0. The van der Waals surface area contributed by atoms with Gasteiger partial charge in [0.15, 0.2) is 11.6 Å². The van der Waals surface area contributed by atoms with E-state index in [1.807, 2.05) is 24.3 Å². The summed E-state index contributed by atoms with van der Waals surface area (Å²) in [5.41, 5.74) is 0.922. The van der Waals surface area contributed by atoms with Crippen LogP contribution in [0.3, 0.4) is 0 Å². The number of hydrogen-bond acceptors (Lipinski definition) is 1. The summed E-state index contributed by atoms with van der Waals surface area (Å²) in [7, 11) is 0. The maximum Gasteiger partial charge on any atom is 0.169 e. The molecule has 2 rings (SSSR count). The SMILES string of the molecule is Fc1cc(F)c(OCc2ccc(I)cc2)c(Br)c1. The molecule has 18 heavy (non-hydrogen) atoms. The Morgan fingerprint density at radius 3 is 2.39 bits per heavy atom. The predicted octanol–water partition coefficient (Wildman–Crippen LogP) is 4.91. The minimum atomic E-state index is -0.715. The average Bonchev–Trinajstić information content (AvgIpc) is 2.30. The average molecular weight is 425 g/mol. The Balaban J connectivity index is 2.13. The van der Waals surface area contributed by atoms with Gasteiger partial charge in [-0.25, -0.2) is 8.78 Å². The molecule has 5 heteroatoms. The Labute approximate surface area is 125 Å². The predicted molar refractivity (Wildman–Crippen MR) is 77.5 cm³/mol. The van der Waals surface area contributed by atoms with Crippen molar-refractivity contribution in [2.45, 2.75) is 6.61 Å². The maximum absolute atomic E-state index is 13.5. The van der Waals surface area contributed by atoms with Gasteiger partial charge in [0.25, 0.3) is 0 Å². The number of benzene rings is 2. The number of hydrogen-bond donors (Lipinski definition) is 0. The minimum absolute atomic E-state index is 0.0231. The third kappa shape index (κ3) is 3.41. The summed E-state index contributed by atoms with van der Waals surface area (Å²) in [6, 6.07) is 9.65. The molecule has 94 valence electrons. The number of rotatable bonds is 3. The third-order valence-electron chi connectivity index (χ3n) is 2.26. The van der Waals surface area contributed by atoms with Crippen LogP contribution in [-0.4, -0.2) is 0 Å². The van der Waals surface area contributed by atoms with Crippen molar-refractivity contribution in [3.8, 4) is 5.75 Å². The van der Waals surface area contributed by atoms with E-state index in [1.54, 1.807) is 0 Å². The molecule has 0 N–H and O–H groups in total. The van der Waals surface area contributed by atoms with Gasteiger partial charge in [0.2, 0.25) is 0 Å². The molecule has 0 heterocycles. The molecule has 0 aliphatic carbocycles. The summed E-state index contributed by atoms with van der Waals surface area (Å²) < 4.78 is 33.1. The first-order valence-corrected chi connectivity index (χ1v) is 6.95. The molecule has 0 aliphatic heterocycles. The summed E-state index contributed by atoms with van der Waals surface area (Å²) in [4.78, 5) is 0. The van der Waals surface area contributed by atoms with Gasteiger partial charge in [0.05, 0.1) is 4.47 Å². The second-order valence-corrected chi connectivity index (χ2v) is 5.71. The Bertz CT molecular complexity index is 534. The molecule has 2 aromatic carbocycles. The van der Waals surface area contributed by atoms with Crippen molar-refractivity contribution >= 4 is 38.5 Å². The highest BCUT2D eigenvalue weighted by Crippen LogP contribution is 2.29. The van der Waals surface area contributed by atoms with Crippen LogP contribution < -0.4 is 4.74 Å². The van der Waals surface area contributed by atoms with E-state index in [-0.39, 0.29) is 16.8 Å². The molecule has 0 fully saturated rings. The van der Waals surface area contributed by atoms with E-state index in [9.17, 15) is 8.78 Å². The lowest BCUT2D eigenvalue weighted by Gasteiger charge is -2.09. The first-order chi connectivity index (χ1) is 8.56. The minimum Gasteiger partial charge on any atom is -0.485 e. The molecule has 0 saturated heterocycles. The van der Waals surface area contributed by atoms with Crippen molar-refractivity contribution in [3.05, 3.63) is 61.6 Å². The zero-order valence-electron chi connectivity index (χ0n) is 9.09. The van der Waals surface area contributed by atoms with E-state index in [1.165, 1.54) is 6.07 Å². The molecule has 0 spiro atoms. The fourth-order valence-electron chi connectivity index (χ4n) is 1.40. The van der Waals surface area contributed by atoms with Crippen LogP contribution in [-0.2, 0) is 6.61 Å². The Kier molecular flexibility index (Phi) is 4.55. The van der Waals surface area contributed by atoms with Crippen molar-refractivity contribution in [2.24, 2.45) is 0 Å². The van der Waals surface area contributed by atoms with Crippen LogP contribution in [0.25, 0.3) is 0 Å². The van der Waals surface area contributed by atoms with Crippen molar-refractivity contribution in [1.29, 1.82) is 0 Å². The molecule has 0 unspecified atom stereocenters. The zero-order valence-corrected chi connectivity index (χ0v) is 12.8. The second kappa shape index (κ2) is 5.97. The van der Waals surface area contributed by atoms with E-state index in [4.69, 9.17) is 4.74 Å². The molecule has 1 nitrogen and oxygen atoms in total. The standard InChI is InChI=1S/C13H8BrF2IO/c14-11-5-9(15)6-12(16)13(11)18-7-8-1-3-10(17)4-2-8/h1-6H,7H2. The smallest absolute Gasteiger partial charge is 0.169 e. The second-order valence-electron chi connectivity index (χ2n) is 3.61. The van der Waals surface area contributed by atoms with E-state index in [0.717, 1.165) is 15.2 Å². The van der Waals surface area contributed by atoms with E-state index >= 15 is 0 Å². The first-order valence-electron chi connectivity index (χ1n) is 5.08. The fourth-order valence-corrected chi connectivity index (χ4v) is 2.29. The van der Waals surface area contributed by atoms with Crippen LogP contribution in [0.2, 0.25) is 0 Å². The molecule has 0 amide bonds. The van der Waals surface area contributed by atoms with Crippen molar-refractivity contribution in [3.63, 3.8) is 0 Å². The summed E-state index contributed by atoms with van der Waals surface area (Å²) >= 11 is 5.28.